The van der Waals surface area contributed by atoms with Crippen molar-refractivity contribution in [2.45, 2.75) is 32.7 Å². The van der Waals surface area contributed by atoms with Gasteiger partial charge in [0.05, 0.1) is 0 Å². The first kappa shape index (κ1) is 12.1. The van der Waals surface area contributed by atoms with Gasteiger partial charge in [0.2, 0.25) is 0 Å². The van der Waals surface area contributed by atoms with Crippen LogP contribution in [0.1, 0.15) is 43.1 Å². The number of rotatable bonds is 3. The van der Waals surface area contributed by atoms with Crippen molar-refractivity contribution in [3.8, 4) is 0 Å². The Balaban J connectivity index is 2.27. The third kappa shape index (κ3) is 1.95. The van der Waals surface area contributed by atoms with Crippen LogP contribution in [0.5, 0.6) is 0 Å². The molecular weight excluding hydrogens is 212 g/mol. The minimum absolute atomic E-state index is 0.0311. The average molecular weight is 232 g/mol. The summed E-state index contributed by atoms with van der Waals surface area (Å²) >= 11 is 0. The Morgan fingerprint density at radius 2 is 2.12 bits per heavy atom. The maximum absolute atomic E-state index is 11.8. The summed E-state index contributed by atoms with van der Waals surface area (Å²) in [7, 11) is 0. The highest BCUT2D eigenvalue weighted by molar-refractivity contribution is 5.94. The Hall–Kier alpha value is -1.35. The van der Waals surface area contributed by atoms with Crippen LogP contribution in [0.2, 0.25) is 0 Å². The quantitative estimate of drug-likeness (QED) is 0.837. The van der Waals surface area contributed by atoms with Gasteiger partial charge in [-0.05, 0) is 36.5 Å². The van der Waals surface area contributed by atoms with Crippen molar-refractivity contribution in [2.75, 3.05) is 6.54 Å². The van der Waals surface area contributed by atoms with E-state index in [4.69, 9.17) is 5.73 Å². The lowest BCUT2D eigenvalue weighted by Gasteiger charge is -2.16. The summed E-state index contributed by atoms with van der Waals surface area (Å²) in [5, 5.41) is 2.80. The SMILES string of the molecule is CCNC(=O)c1cccc(C2(N)CC2(C)C)c1. The molecule has 92 valence electrons. The monoisotopic (exact) mass is 232 g/mol. The van der Waals surface area contributed by atoms with Gasteiger partial charge >= 0.3 is 0 Å². The first-order valence-corrected chi connectivity index (χ1v) is 6.08. The summed E-state index contributed by atoms with van der Waals surface area (Å²) < 4.78 is 0. The molecule has 1 aromatic rings. The zero-order valence-corrected chi connectivity index (χ0v) is 10.7. The largest absolute Gasteiger partial charge is 0.352 e. The van der Waals surface area contributed by atoms with Gasteiger partial charge in [-0.1, -0.05) is 26.0 Å². The molecule has 1 amide bonds. The van der Waals surface area contributed by atoms with Gasteiger partial charge in [-0.2, -0.15) is 0 Å². The summed E-state index contributed by atoms with van der Waals surface area (Å²) in [6.45, 7) is 6.87. The minimum atomic E-state index is -0.268. The van der Waals surface area contributed by atoms with E-state index in [9.17, 15) is 4.79 Å². The van der Waals surface area contributed by atoms with Gasteiger partial charge in [0.25, 0.3) is 5.91 Å². The number of nitrogens with one attached hydrogen (secondary N) is 1. The van der Waals surface area contributed by atoms with Crippen LogP contribution in [0.3, 0.4) is 0 Å². The zero-order chi connectivity index (χ0) is 12.7. The fraction of sp³-hybridized carbons (Fsp3) is 0.500. The molecule has 0 aromatic heterocycles. The molecule has 1 aliphatic rings. The Morgan fingerprint density at radius 1 is 1.47 bits per heavy atom. The Kier molecular flexibility index (Phi) is 2.74. The van der Waals surface area contributed by atoms with Crippen LogP contribution in [0.15, 0.2) is 24.3 Å². The van der Waals surface area contributed by atoms with Crippen LogP contribution in [0.4, 0.5) is 0 Å². The van der Waals surface area contributed by atoms with Gasteiger partial charge in [0, 0.05) is 17.6 Å². The molecule has 1 aliphatic carbocycles. The topological polar surface area (TPSA) is 55.1 Å². The second-order valence-corrected chi connectivity index (χ2v) is 5.47. The second-order valence-electron chi connectivity index (χ2n) is 5.47. The third-order valence-electron chi connectivity index (χ3n) is 3.78. The van der Waals surface area contributed by atoms with Crippen molar-refractivity contribution in [1.29, 1.82) is 0 Å². The molecule has 3 N–H and O–H groups in total. The van der Waals surface area contributed by atoms with E-state index in [0.717, 1.165) is 12.0 Å². The summed E-state index contributed by atoms with van der Waals surface area (Å²) in [6.07, 6.45) is 0.971. The predicted octanol–water partition coefficient (Wildman–Crippen LogP) is 2.02. The molecule has 1 unspecified atom stereocenters. The van der Waals surface area contributed by atoms with Gasteiger partial charge in [0.15, 0.2) is 0 Å². The maximum Gasteiger partial charge on any atom is 0.251 e. The van der Waals surface area contributed by atoms with E-state index in [1.807, 2.05) is 31.2 Å². The zero-order valence-electron chi connectivity index (χ0n) is 10.7. The predicted molar refractivity (Wildman–Crippen MR) is 68.7 cm³/mol. The standard InChI is InChI=1S/C14H20N2O/c1-4-16-12(17)10-6-5-7-11(8-10)14(15)9-13(14,2)3/h5-8H,4,9,15H2,1-3H3,(H,16,17). The van der Waals surface area contributed by atoms with Crippen molar-refractivity contribution in [1.82, 2.24) is 5.32 Å². The van der Waals surface area contributed by atoms with E-state index >= 15 is 0 Å². The lowest BCUT2D eigenvalue weighted by molar-refractivity contribution is 0.0955. The Labute approximate surface area is 102 Å². The van der Waals surface area contributed by atoms with Crippen LogP contribution in [0.25, 0.3) is 0 Å². The molecule has 0 saturated heterocycles. The minimum Gasteiger partial charge on any atom is -0.352 e. The molecule has 3 heteroatoms. The number of carbonyl (C=O) groups is 1. The van der Waals surface area contributed by atoms with Crippen molar-refractivity contribution in [2.24, 2.45) is 11.1 Å². The van der Waals surface area contributed by atoms with Crippen LogP contribution >= 0.6 is 0 Å². The van der Waals surface area contributed by atoms with Crippen molar-refractivity contribution in [3.63, 3.8) is 0 Å². The molecule has 1 saturated carbocycles. The normalized spacial score (nSPS) is 25.4. The number of hydrogen-bond acceptors (Lipinski definition) is 2. The smallest absolute Gasteiger partial charge is 0.251 e. The highest BCUT2D eigenvalue weighted by Crippen LogP contribution is 2.60. The number of carbonyl (C=O) groups excluding carboxylic acids is 1. The second kappa shape index (κ2) is 3.84. The van der Waals surface area contributed by atoms with Crippen molar-refractivity contribution in [3.05, 3.63) is 35.4 Å². The van der Waals surface area contributed by atoms with Crippen LogP contribution in [-0.2, 0) is 5.54 Å². The summed E-state index contributed by atoms with van der Waals surface area (Å²) in [4.78, 5) is 11.8. The Bertz CT molecular complexity index is 453. The number of hydrogen-bond donors (Lipinski definition) is 2. The van der Waals surface area contributed by atoms with E-state index in [-0.39, 0.29) is 16.9 Å². The highest BCUT2D eigenvalue weighted by atomic mass is 16.1. The summed E-state index contributed by atoms with van der Waals surface area (Å²) in [5.41, 5.74) is 7.97. The van der Waals surface area contributed by atoms with E-state index in [1.54, 1.807) is 0 Å². The number of amides is 1. The molecule has 0 bridgehead atoms. The molecule has 17 heavy (non-hydrogen) atoms. The Morgan fingerprint density at radius 3 is 2.65 bits per heavy atom. The maximum atomic E-state index is 11.8. The van der Waals surface area contributed by atoms with E-state index in [0.29, 0.717) is 12.1 Å². The average Bonchev–Trinajstić information content (AvgIpc) is 2.80. The van der Waals surface area contributed by atoms with Gasteiger partial charge in [-0.3, -0.25) is 4.79 Å². The summed E-state index contributed by atoms with van der Waals surface area (Å²) in [6, 6.07) is 7.66. The van der Waals surface area contributed by atoms with Crippen molar-refractivity contribution < 1.29 is 4.79 Å². The van der Waals surface area contributed by atoms with Gasteiger partial charge < -0.3 is 11.1 Å². The molecule has 0 spiro atoms. The van der Waals surface area contributed by atoms with Crippen molar-refractivity contribution >= 4 is 5.91 Å². The van der Waals surface area contributed by atoms with E-state index in [1.165, 1.54) is 0 Å². The van der Waals surface area contributed by atoms with E-state index < -0.39 is 0 Å². The lowest BCUT2D eigenvalue weighted by atomic mass is 9.95. The molecule has 3 nitrogen and oxygen atoms in total. The summed E-state index contributed by atoms with van der Waals surface area (Å²) in [5.74, 6) is -0.0311. The lowest BCUT2D eigenvalue weighted by Crippen LogP contribution is -2.27. The highest BCUT2D eigenvalue weighted by Gasteiger charge is 2.59. The van der Waals surface area contributed by atoms with Crippen LogP contribution in [0, 0.1) is 5.41 Å². The number of benzene rings is 1. The third-order valence-corrected chi connectivity index (χ3v) is 3.78. The molecule has 0 heterocycles. The number of nitrogens with two attached hydrogens (primary N) is 1. The van der Waals surface area contributed by atoms with Gasteiger partial charge in [-0.25, -0.2) is 0 Å². The molecule has 1 atom stereocenters. The fourth-order valence-electron chi connectivity index (χ4n) is 2.35. The molecule has 0 radical (unpaired) electrons. The fourth-order valence-corrected chi connectivity index (χ4v) is 2.35. The van der Waals surface area contributed by atoms with Crippen LogP contribution in [-0.4, -0.2) is 12.5 Å². The first-order valence-electron chi connectivity index (χ1n) is 6.08. The van der Waals surface area contributed by atoms with Gasteiger partial charge in [0.1, 0.15) is 0 Å². The molecule has 1 aromatic carbocycles. The molecule has 1 fully saturated rings. The van der Waals surface area contributed by atoms with E-state index in [2.05, 4.69) is 19.2 Å². The molecule has 0 aliphatic heterocycles. The molecular formula is C14H20N2O. The first-order chi connectivity index (χ1) is 7.90. The van der Waals surface area contributed by atoms with Gasteiger partial charge in [-0.15, -0.1) is 0 Å². The molecule has 2 rings (SSSR count). The van der Waals surface area contributed by atoms with Crippen LogP contribution < -0.4 is 11.1 Å².